The Morgan fingerprint density at radius 1 is 1.40 bits per heavy atom. The minimum Gasteiger partial charge on any atom is -0.387 e. The highest BCUT2D eigenvalue weighted by atomic mass is 19.1. The first kappa shape index (κ1) is 10.4. The van der Waals surface area contributed by atoms with Gasteiger partial charge in [0.15, 0.2) is 0 Å². The number of benzene rings is 1. The fraction of sp³-hybridized carbons (Fsp3) is 0.455. The van der Waals surface area contributed by atoms with Crippen molar-refractivity contribution < 1.29 is 9.50 Å². The van der Waals surface area contributed by atoms with Crippen LogP contribution in [-0.2, 0) is 0 Å². The minimum atomic E-state index is -0.783. The molecule has 1 saturated heterocycles. The van der Waals surface area contributed by atoms with E-state index in [9.17, 15) is 9.50 Å². The molecule has 0 aliphatic carbocycles. The Balaban J connectivity index is 2.11. The van der Waals surface area contributed by atoms with Gasteiger partial charge in [-0.15, -0.1) is 0 Å². The Labute approximate surface area is 88.3 Å². The van der Waals surface area contributed by atoms with Gasteiger partial charge in [-0.05, 0) is 30.7 Å². The summed E-state index contributed by atoms with van der Waals surface area (Å²) in [6.45, 7) is 1.55. The highest BCUT2D eigenvalue weighted by Crippen LogP contribution is 2.25. The molecule has 1 aliphatic heterocycles. The molecule has 1 fully saturated rings. The zero-order valence-electron chi connectivity index (χ0n) is 8.49. The van der Waals surface area contributed by atoms with Crippen LogP contribution < -0.4 is 10.6 Å². The van der Waals surface area contributed by atoms with Crippen molar-refractivity contribution in [2.24, 2.45) is 5.73 Å². The Bertz CT molecular complexity index is 341. The van der Waals surface area contributed by atoms with Crippen LogP contribution in [0.2, 0.25) is 0 Å². The standard InChI is InChI=1S/C11H15FN2O/c12-9-1-3-10(4-2-9)14-6-5-11(15,7-13)8-14/h1-4,15H,5-8,13H2. The first-order valence-corrected chi connectivity index (χ1v) is 5.06. The minimum absolute atomic E-state index is 0.243. The molecule has 1 atom stereocenters. The summed E-state index contributed by atoms with van der Waals surface area (Å²) in [5.74, 6) is -0.243. The van der Waals surface area contributed by atoms with Gasteiger partial charge in [0, 0.05) is 25.3 Å². The van der Waals surface area contributed by atoms with Crippen molar-refractivity contribution in [2.45, 2.75) is 12.0 Å². The van der Waals surface area contributed by atoms with E-state index in [1.807, 2.05) is 4.90 Å². The number of anilines is 1. The van der Waals surface area contributed by atoms with Gasteiger partial charge < -0.3 is 15.7 Å². The molecule has 0 spiro atoms. The predicted molar refractivity (Wildman–Crippen MR) is 57.2 cm³/mol. The van der Waals surface area contributed by atoms with Crippen LogP contribution in [-0.4, -0.2) is 30.3 Å². The molecule has 1 unspecified atom stereocenters. The van der Waals surface area contributed by atoms with E-state index in [0.29, 0.717) is 13.0 Å². The second kappa shape index (κ2) is 3.79. The summed E-state index contributed by atoms with van der Waals surface area (Å²) < 4.78 is 12.7. The summed E-state index contributed by atoms with van der Waals surface area (Å²) in [6.07, 6.45) is 0.668. The van der Waals surface area contributed by atoms with Crippen molar-refractivity contribution in [1.82, 2.24) is 0 Å². The lowest BCUT2D eigenvalue weighted by atomic mass is 10.0. The zero-order valence-corrected chi connectivity index (χ0v) is 8.49. The van der Waals surface area contributed by atoms with E-state index >= 15 is 0 Å². The number of nitrogens with zero attached hydrogens (tertiary/aromatic N) is 1. The first-order chi connectivity index (χ1) is 7.13. The lowest BCUT2D eigenvalue weighted by molar-refractivity contribution is 0.0726. The van der Waals surface area contributed by atoms with Gasteiger partial charge in [-0.2, -0.15) is 0 Å². The largest absolute Gasteiger partial charge is 0.387 e. The lowest BCUT2D eigenvalue weighted by Crippen LogP contribution is -2.40. The second-order valence-electron chi connectivity index (χ2n) is 4.08. The smallest absolute Gasteiger partial charge is 0.123 e. The number of rotatable bonds is 2. The molecular weight excluding hydrogens is 195 g/mol. The molecule has 0 bridgehead atoms. The summed E-state index contributed by atoms with van der Waals surface area (Å²) in [5, 5.41) is 9.95. The second-order valence-corrected chi connectivity index (χ2v) is 4.08. The summed E-state index contributed by atoms with van der Waals surface area (Å²) in [5.41, 5.74) is 5.64. The van der Waals surface area contributed by atoms with Crippen LogP contribution in [0.3, 0.4) is 0 Å². The molecule has 1 aliphatic rings. The van der Waals surface area contributed by atoms with Crippen molar-refractivity contribution in [3.63, 3.8) is 0 Å². The molecule has 0 amide bonds. The molecule has 0 radical (unpaired) electrons. The quantitative estimate of drug-likeness (QED) is 0.756. The van der Waals surface area contributed by atoms with E-state index in [-0.39, 0.29) is 12.4 Å². The van der Waals surface area contributed by atoms with Crippen LogP contribution in [0.5, 0.6) is 0 Å². The van der Waals surface area contributed by atoms with E-state index < -0.39 is 5.60 Å². The van der Waals surface area contributed by atoms with E-state index in [1.165, 1.54) is 12.1 Å². The molecule has 4 heteroatoms. The molecule has 3 N–H and O–H groups in total. The van der Waals surface area contributed by atoms with Gasteiger partial charge in [-0.3, -0.25) is 0 Å². The number of aliphatic hydroxyl groups is 1. The molecule has 82 valence electrons. The van der Waals surface area contributed by atoms with Gasteiger partial charge in [0.25, 0.3) is 0 Å². The number of hydrogen-bond acceptors (Lipinski definition) is 3. The predicted octanol–water partition coefficient (Wildman–Crippen LogP) is 0.726. The maximum atomic E-state index is 12.7. The monoisotopic (exact) mass is 210 g/mol. The number of β-amino-alcohol motifs (C(OH)–C–C–N with tert-alkyl or cyclic N) is 1. The molecule has 3 nitrogen and oxygen atoms in total. The van der Waals surface area contributed by atoms with Crippen LogP contribution in [0.4, 0.5) is 10.1 Å². The van der Waals surface area contributed by atoms with E-state index in [4.69, 9.17) is 5.73 Å². The van der Waals surface area contributed by atoms with Crippen molar-refractivity contribution in [3.8, 4) is 0 Å². The maximum Gasteiger partial charge on any atom is 0.123 e. The molecule has 0 saturated carbocycles. The highest BCUT2D eigenvalue weighted by Gasteiger charge is 2.34. The Morgan fingerprint density at radius 3 is 2.60 bits per heavy atom. The molecule has 2 rings (SSSR count). The first-order valence-electron chi connectivity index (χ1n) is 5.06. The summed E-state index contributed by atoms with van der Waals surface area (Å²) in [7, 11) is 0. The average molecular weight is 210 g/mol. The molecule has 0 aromatic heterocycles. The van der Waals surface area contributed by atoms with Crippen LogP contribution in [0, 0.1) is 5.82 Å². The summed E-state index contributed by atoms with van der Waals surface area (Å²) in [6, 6.07) is 6.29. The summed E-state index contributed by atoms with van der Waals surface area (Å²) >= 11 is 0. The third-order valence-corrected chi connectivity index (χ3v) is 2.90. The molecule has 1 heterocycles. The average Bonchev–Trinajstić information content (AvgIpc) is 2.63. The Hall–Kier alpha value is -1.13. The Kier molecular flexibility index (Phi) is 2.63. The topological polar surface area (TPSA) is 49.5 Å². The van der Waals surface area contributed by atoms with Gasteiger partial charge in [0.1, 0.15) is 5.82 Å². The molecule has 1 aromatic carbocycles. The van der Waals surface area contributed by atoms with Gasteiger partial charge >= 0.3 is 0 Å². The van der Waals surface area contributed by atoms with Crippen molar-refractivity contribution >= 4 is 5.69 Å². The van der Waals surface area contributed by atoms with Crippen molar-refractivity contribution in [1.29, 1.82) is 0 Å². The number of hydrogen-bond donors (Lipinski definition) is 2. The van der Waals surface area contributed by atoms with E-state index in [0.717, 1.165) is 12.2 Å². The molecule has 15 heavy (non-hydrogen) atoms. The normalized spacial score (nSPS) is 25.9. The highest BCUT2D eigenvalue weighted by molar-refractivity contribution is 5.48. The van der Waals surface area contributed by atoms with Crippen molar-refractivity contribution in [2.75, 3.05) is 24.5 Å². The van der Waals surface area contributed by atoms with E-state index in [2.05, 4.69) is 0 Å². The number of nitrogens with two attached hydrogens (primary N) is 1. The summed E-state index contributed by atoms with van der Waals surface area (Å²) in [4.78, 5) is 2.02. The lowest BCUT2D eigenvalue weighted by Gasteiger charge is -2.22. The van der Waals surface area contributed by atoms with Gasteiger partial charge in [0.05, 0.1) is 5.60 Å². The van der Waals surface area contributed by atoms with Crippen LogP contribution in [0.1, 0.15) is 6.42 Å². The third kappa shape index (κ3) is 2.11. The Morgan fingerprint density at radius 2 is 2.07 bits per heavy atom. The van der Waals surface area contributed by atoms with Crippen LogP contribution in [0.25, 0.3) is 0 Å². The fourth-order valence-electron chi connectivity index (χ4n) is 1.90. The fourth-order valence-corrected chi connectivity index (χ4v) is 1.90. The van der Waals surface area contributed by atoms with Gasteiger partial charge in [0.2, 0.25) is 0 Å². The molecular formula is C11H15FN2O. The SMILES string of the molecule is NCC1(O)CCN(c2ccc(F)cc2)C1. The third-order valence-electron chi connectivity index (χ3n) is 2.90. The molecule has 1 aromatic rings. The van der Waals surface area contributed by atoms with Gasteiger partial charge in [-0.1, -0.05) is 0 Å². The number of halogens is 1. The van der Waals surface area contributed by atoms with Crippen LogP contribution >= 0.6 is 0 Å². The van der Waals surface area contributed by atoms with Crippen LogP contribution in [0.15, 0.2) is 24.3 Å². The van der Waals surface area contributed by atoms with Crippen molar-refractivity contribution in [3.05, 3.63) is 30.1 Å². The maximum absolute atomic E-state index is 12.7. The zero-order chi connectivity index (χ0) is 10.9. The van der Waals surface area contributed by atoms with Gasteiger partial charge in [-0.25, -0.2) is 4.39 Å². The van der Waals surface area contributed by atoms with E-state index in [1.54, 1.807) is 12.1 Å².